The van der Waals surface area contributed by atoms with E-state index in [9.17, 15) is 13.2 Å². The van der Waals surface area contributed by atoms with Crippen molar-refractivity contribution in [1.82, 2.24) is 0 Å². The number of hydrogen-bond donors (Lipinski definition) is 0. The highest BCUT2D eigenvalue weighted by Gasteiger charge is 2.40. The van der Waals surface area contributed by atoms with Crippen molar-refractivity contribution in [3.8, 4) is 0 Å². The zero-order valence-corrected chi connectivity index (χ0v) is 19.8. The van der Waals surface area contributed by atoms with Crippen LogP contribution in [0.4, 0.5) is 11.4 Å². The summed E-state index contributed by atoms with van der Waals surface area (Å²) in [7, 11) is -1.91. The average Bonchev–Trinajstić information content (AvgIpc) is 3.27. The highest BCUT2D eigenvalue weighted by Crippen LogP contribution is 2.44. The summed E-state index contributed by atoms with van der Waals surface area (Å²) in [6, 6.07) is 26.5. The normalized spacial score (nSPS) is 16.1. The molecule has 5 nitrogen and oxygen atoms in total. The second-order valence-corrected chi connectivity index (χ2v) is 11.1. The van der Waals surface area contributed by atoms with E-state index in [-0.39, 0.29) is 15.7 Å². The molecule has 0 radical (unpaired) electrons. The van der Waals surface area contributed by atoms with E-state index in [4.69, 9.17) is 0 Å². The van der Waals surface area contributed by atoms with Gasteiger partial charge in [0.1, 0.15) is 6.17 Å². The van der Waals surface area contributed by atoms with Crippen LogP contribution in [0.3, 0.4) is 0 Å². The van der Waals surface area contributed by atoms with Crippen molar-refractivity contribution < 1.29 is 13.2 Å². The number of para-hydroxylation sites is 2. The molecule has 0 fully saturated rings. The smallest absolute Gasteiger partial charge is 0.262 e. The Hall–Kier alpha value is -3.42. The summed E-state index contributed by atoms with van der Waals surface area (Å²) in [5.74, 6) is -0.226. The predicted molar refractivity (Wildman–Crippen MR) is 132 cm³/mol. The zero-order valence-electron chi connectivity index (χ0n) is 18.2. The number of sulfone groups is 1. The van der Waals surface area contributed by atoms with E-state index in [1.807, 2.05) is 49.2 Å². The van der Waals surface area contributed by atoms with Gasteiger partial charge in [0.25, 0.3) is 5.91 Å². The molecule has 0 bridgehead atoms. The highest BCUT2D eigenvalue weighted by atomic mass is 32.2. The van der Waals surface area contributed by atoms with Gasteiger partial charge in [0.15, 0.2) is 0 Å². The molecule has 0 aliphatic carbocycles. The molecule has 0 spiro atoms. The number of aryl methyl sites for hydroxylation is 1. The molecule has 4 aromatic rings. The molecule has 1 atom stereocenters. The summed E-state index contributed by atoms with van der Waals surface area (Å²) < 4.78 is 27.3. The van der Waals surface area contributed by atoms with Gasteiger partial charge in [-0.15, -0.1) is 11.3 Å². The first kappa shape index (κ1) is 21.4. The summed E-state index contributed by atoms with van der Waals surface area (Å²) >= 11 is 1.60. The Balaban J connectivity index is 1.75. The van der Waals surface area contributed by atoms with Crippen molar-refractivity contribution in [2.45, 2.75) is 22.9 Å². The van der Waals surface area contributed by atoms with Crippen molar-refractivity contribution in [1.29, 1.82) is 0 Å². The molecule has 2 heterocycles. The minimum absolute atomic E-state index is 0.107. The maximum Gasteiger partial charge on any atom is 0.262 e. The van der Waals surface area contributed by atoms with Gasteiger partial charge < -0.3 is 4.90 Å². The van der Waals surface area contributed by atoms with E-state index in [2.05, 4.69) is 0 Å². The monoisotopic (exact) mass is 474 g/mol. The molecule has 1 unspecified atom stereocenters. The number of rotatable bonds is 4. The molecule has 1 aliphatic heterocycles. The van der Waals surface area contributed by atoms with Crippen molar-refractivity contribution in [3.05, 3.63) is 106 Å². The van der Waals surface area contributed by atoms with Gasteiger partial charge in [-0.3, -0.25) is 9.69 Å². The lowest BCUT2D eigenvalue weighted by molar-refractivity contribution is 0.0969. The lowest BCUT2D eigenvalue weighted by atomic mass is 10.0. The van der Waals surface area contributed by atoms with Gasteiger partial charge in [0.2, 0.25) is 9.84 Å². The lowest BCUT2D eigenvalue weighted by Crippen LogP contribution is -2.48. The first-order valence-electron chi connectivity index (χ1n) is 10.5. The third-order valence-corrected chi connectivity index (χ3v) is 8.69. The molecule has 0 saturated carbocycles. The second kappa shape index (κ2) is 8.17. The molecule has 1 amide bonds. The molecule has 1 aliphatic rings. The molecule has 33 heavy (non-hydrogen) atoms. The van der Waals surface area contributed by atoms with E-state index in [1.54, 1.807) is 76.9 Å². The standard InChI is InChI=1S/C26H22N2O3S2/c1-18-16-17-23(32-18)25-27(2)21-13-7-6-12-20(21)26(29)28(25)22-14-8-9-15-24(22)33(30,31)19-10-4-3-5-11-19/h3-17,25H,1-2H3. The molecule has 3 aromatic carbocycles. The van der Waals surface area contributed by atoms with Crippen LogP contribution in [0.15, 0.2) is 101 Å². The molecule has 5 rings (SSSR count). The van der Waals surface area contributed by atoms with E-state index in [0.717, 1.165) is 15.4 Å². The van der Waals surface area contributed by atoms with Crippen LogP contribution >= 0.6 is 11.3 Å². The van der Waals surface area contributed by atoms with Crippen LogP contribution in [0.5, 0.6) is 0 Å². The topological polar surface area (TPSA) is 57.7 Å². The zero-order chi connectivity index (χ0) is 23.2. The van der Waals surface area contributed by atoms with Gasteiger partial charge >= 0.3 is 0 Å². The molecule has 0 saturated heterocycles. The Kier molecular flexibility index (Phi) is 5.31. The predicted octanol–water partition coefficient (Wildman–Crippen LogP) is 5.68. The Labute approximate surface area is 197 Å². The Morgan fingerprint density at radius 1 is 0.788 bits per heavy atom. The summed E-state index contributed by atoms with van der Waals surface area (Å²) in [6.07, 6.45) is -0.474. The largest absolute Gasteiger partial charge is 0.349 e. The Morgan fingerprint density at radius 2 is 1.42 bits per heavy atom. The maximum atomic E-state index is 13.9. The van der Waals surface area contributed by atoms with Crippen LogP contribution in [0, 0.1) is 6.92 Å². The number of amides is 1. The third kappa shape index (κ3) is 3.53. The number of fused-ring (bicyclic) bond motifs is 1. The van der Waals surface area contributed by atoms with Crippen molar-refractivity contribution in [2.24, 2.45) is 0 Å². The average molecular weight is 475 g/mol. The van der Waals surface area contributed by atoms with E-state index in [1.165, 1.54) is 0 Å². The molecule has 7 heteroatoms. The van der Waals surface area contributed by atoms with Gasteiger partial charge in [0, 0.05) is 16.8 Å². The van der Waals surface area contributed by atoms with Crippen LogP contribution in [0.2, 0.25) is 0 Å². The van der Waals surface area contributed by atoms with Gasteiger partial charge in [0.05, 0.1) is 26.7 Å². The number of thiophene rings is 1. The van der Waals surface area contributed by atoms with Gasteiger partial charge in [-0.2, -0.15) is 0 Å². The summed E-state index contributed by atoms with van der Waals surface area (Å²) in [5, 5.41) is 0. The van der Waals surface area contributed by atoms with Crippen LogP contribution in [-0.4, -0.2) is 21.4 Å². The highest BCUT2D eigenvalue weighted by molar-refractivity contribution is 7.91. The minimum atomic E-state index is -3.85. The summed E-state index contributed by atoms with van der Waals surface area (Å²) in [6.45, 7) is 2.02. The third-order valence-electron chi connectivity index (χ3n) is 5.83. The van der Waals surface area contributed by atoms with E-state index < -0.39 is 16.0 Å². The molecule has 1 aromatic heterocycles. The van der Waals surface area contributed by atoms with Crippen LogP contribution in [0.1, 0.15) is 26.3 Å². The van der Waals surface area contributed by atoms with E-state index >= 15 is 0 Å². The number of carbonyl (C=O) groups is 1. The van der Waals surface area contributed by atoms with Crippen LogP contribution in [-0.2, 0) is 9.84 Å². The van der Waals surface area contributed by atoms with Gasteiger partial charge in [-0.05, 0) is 55.5 Å². The van der Waals surface area contributed by atoms with Crippen molar-refractivity contribution in [2.75, 3.05) is 16.8 Å². The Morgan fingerprint density at radius 3 is 2.12 bits per heavy atom. The minimum Gasteiger partial charge on any atom is -0.349 e. The molecule has 0 N–H and O–H groups in total. The van der Waals surface area contributed by atoms with E-state index in [0.29, 0.717) is 11.3 Å². The maximum absolute atomic E-state index is 13.9. The number of carbonyl (C=O) groups excluding carboxylic acids is 1. The Bertz CT molecular complexity index is 1450. The van der Waals surface area contributed by atoms with Gasteiger partial charge in [-0.1, -0.05) is 42.5 Å². The first-order chi connectivity index (χ1) is 15.9. The fraction of sp³-hybridized carbons (Fsp3) is 0.115. The number of hydrogen-bond acceptors (Lipinski definition) is 5. The number of nitrogens with zero attached hydrogens (tertiary/aromatic N) is 2. The fourth-order valence-electron chi connectivity index (χ4n) is 4.27. The first-order valence-corrected chi connectivity index (χ1v) is 12.8. The van der Waals surface area contributed by atoms with Crippen molar-refractivity contribution >= 4 is 38.5 Å². The molecular formula is C26H22N2O3S2. The van der Waals surface area contributed by atoms with Crippen molar-refractivity contribution in [3.63, 3.8) is 0 Å². The summed E-state index contributed by atoms with van der Waals surface area (Å²) in [5.41, 5.74) is 1.72. The van der Waals surface area contributed by atoms with Gasteiger partial charge in [-0.25, -0.2) is 8.42 Å². The fourth-order valence-corrected chi connectivity index (χ4v) is 6.75. The van der Waals surface area contributed by atoms with Crippen LogP contribution in [0.25, 0.3) is 0 Å². The SMILES string of the molecule is Cc1ccc(C2N(C)c3ccccc3C(=O)N2c2ccccc2S(=O)(=O)c2ccccc2)s1. The number of anilines is 2. The lowest BCUT2D eigenvalue weighted by Gasteiger charge is -2.43. The second-order valence-electron chi connectivity index (χ2n) is 7.91. The molecular weight excluding hydrogens is 452 g/mol. The number of benzene rings is 3. The summed E-state index contributed by atoms with van der Waals surface area (Å²) in [4.78, 5) is 19.9. The molecule has 166 valence electrons. The quantitative estimate of drug-likeness (QED) is 0.382. The van der Waals surface area contributed by atoms with Crippen LogP contribution < -0.4 is 9.80 Å².